The number of piperidine rings is 2. The summed E-state index contributed by atoms with van der Waals surface area (Å²) >= 11 is 5.19. The van der Waals surface area contributed by atoms with Gasteiger partial charge in [0.05, 0.1) is 37.6 Å². The van der Waals surface area contributed by atoms with Crippen molar-refractivity contribution in [2.24, 2.45) is 0 Å². The SMILES string of the molecule is CN(C)c1ccc(-c2ccc(OC3CCN(C(=O)c4ccccc4O)CC3)nc2)cc1.CN(C)c1ccc(-c2ccc(OC3CCN(C(=O)c4ccccc4OC(=O)N4CCOCC4)CC3)nc2)cc1.O=C(Cl)N1CCOCC1. The number of anilines is 2. The predicted molar refractivity (Wildman–Crippen MR) is 304 cm³/mol. The molecule has 416 valence electrons. The molecule has 4 fully saturated rings. The number of nitrogens with zero attached hydrogens (tertiary/aromatic N) is 8. The second-order valence-corrected chi connectivity index (χ2v) is 20.0. The lowest BCUT2D eigenvalue weighted by Crippen LogP contribution is -2.43. The first-order chi connectivity index (χ1) is 38.3. The van der Waals surface area contributed by atoms with Gasteiger partial charge in [-0.15, -0.1) is 0 Å². The minimum Gasteiger partial charge on any atom is -0.507 e. The van der Waals surface area contributed by atoms with Gasteiger partial charge in [-0.2, -0.15) is 0 Å². The van der Waals surface area contributed by atoms with Gasteiger partial charge in [0.15, 0.2) is 0 Å². The molecule has 79 heavy (non-hydrogen) atoms. The Kier molecular flexibility index (Phi) is 20.4. The van der Waals surface area contributed by atoms with E-state index in [4.69, 9.17) is 35.3 Å². The van der Waals surface area contributed by atoms with Gasteiger partial charge in [-0.1, -0.05) is 48.5 Å². The fourth-order valence-electron chi connectivity index (χ4n) is 9.21. The zero-order chi connectivity index (χ0) is 55.7. The summed E-state index contributed by atoms with van der Waals surface area (Å²) in [5, 5.41) is 9.54. The molecule has 6 aromatic rings. The molecule has 0 aliphatic carbocycles. The van der Waals surface area contributed by atoms with E-state index in [-0.39, 0.29) is 40.9 Å². The van der Waals surface area contributed by atoms with Gasteiger partial charge in [-0.3, -0.25) is 14.4 Å². The largest absolute Gasteiger partial charge is 0.507 e. The van der Waals surface area contributed by atoms with Crippen molar-refractivity contribution in [2.45, 2.75) is 37.9 Å². The van der Waals surface area contributed by atoms with Crippen LogP contribution in [0.4, 0.5) is 21.0 Å². The Balaban J connectivity index is 0.000000183. The number of aromatic hydroxyl groups is 1. The molecule has 4 aliphatic heterocycles. The molecule has 4 saturated heterocycles. The van der Waals surface area contributed by atoms with E-state index in [1.807, 2.05) is 64.8 Å². The first kappa shape index (κ1) is 57.3. The quantitative estimate of drug-likeness (QED) is 0.0958. The molecule has 4 amide bonds. The van der Waals surface area contributed by atoms with Crippen molar-refractivity contribution in [3.8, 4) is 45.5 Å². The molecular formula is C60H69ClN8O10. The summed E-state index contributed by atoms with van der Waals surface area (Å²) in [6.45, 7) is 6.67. The van der Waals surface area contributed by atoms with Gasteiger partial charge in [-0.25, -0.2) is 14.8 Å². The second-order valence-electron chi connectivity index (χ2n) is 19.7. The van der Waals surface area contributed by atoms with E-state index in [0.717, 1.165) is 46.5 Å². The Morgan fingerprint density at radius 3 is 1.32 bits per heavy atom. The van der Waals surface area contributed by atoms with Crippen LogP contribution in [0.5, 0.6) is 23.3 Å². The van der Waals surface area contributed by atoms with Crippen molar-refractivity contribution < 1.29 is 48.0 Å². The number of pyridine rings is 2. The molecule has 18 nitrogen and oxygen atoms in total. The Hall–Kier alpha value is -7.93. The van der Waals surface area contributed by atoms with Crippen LogP contribution >= 0.6 is 11.6 Å². The van der Waals surface area contributed by atoms with E-state index in [9.17, 15) is 24.3 Å². The Bertz CT molecular complexity index is 2920. The second kappa shape index (κ2) is 28.1. The van der Waals surface area contributed by atoms with E-state index >= 15 is 0 Å². The zero-order valence-corrected chi connectivity index (χ0v) is 46.0. The van der Waals surface area contributed by atoms with Crippen molar-refractivity contribution in [3.05, 3.63) is 145 Å². The van der Waals surface area contributed by atoms with Crippen molar-refractivity contribution in [2.75, 3.05) is 117 Å². The fraction of sp³-hybridized carbons (Fsp3) is 0.367. The number of hydrogen-bond acceptors (Lipinski definition) is 14. The van der Waals surface area contributed by atoms with Gasteiger partial charge >= 0.3 is 11.5 Å². The average Bonchev–Trinajstić information content (AvgIpc) is 3.49. The molecule has 4 aliphatic rings. The number of phenols is 1. The topological polar surface area (TPSA) is 180 Å². The predicted octanol–water partition coefficient (Wildman–Crippen LogP) is 9.21. The number of likely N-dealkylation sites (tertiary alicyclic amines) is 2. The van der Waals surface area contributed by atoms with Crippen LogP contribution in [0.2, 0.25) is 0 Å². The lowest BCUT2D eigenvalue weighted by Gasteiger charge is -2.32. The van der Waals surface area contributed by atoms with Gasteiger partial charge in [-0.05, 0) is 83.4 Å². The monoisotopic (exact) mass is 1100 g/mol. The summed E-state index contributed by atoms with van der Waals surface area (Å²) in [5.74, 6) is 1.18. The van der Waals surface area contributed by atoms with Crippen LogP contribution < -0.4 is 24.0 Å². The highest BCUT2D eigenvalue weighted by molar-refractivity contribution is 6.62. The number of ether oxygens (including phenoxy) is 5. The summed E-state index contributed by atoms with van der Waals surface area (Å²) in [7, 11) is 8.09. The molecule has 19 heteroatoms. The first-order valence-corrected chi connectivity index (χ1v) is 27.0. The van der Waals surface area contributed by atoms with Gasteiger partial charge in [0, 0.05) is 153 Å². The standard InChI is InChI=1S/C30H34N4O5.C25H27N3O3.C5H8ClNO2/c1-32(2)24-10-7-22(8-11-24)23-9-12-28(31-21-23)38-25-13-15-33(16-14-25)29(35)26-5-3-4-6-27(26)39-30(36)34-17-19-37-20-18-34;1-27(2)20-10-7-18(8-11-20)19-9-12-24(26-17-19)31-21-13-15-28(16-14-21)25(30)22-5-3-4-6-23(22)29;6-5(8)7-1-3-9-4-2-7/h3-12,21,25H,13-20H2,1-2H3;3-12,17,21,29H,13-16H2,1-2H3;1-4H2. The maximum Gasteiger partial charge on any atom is 0.415 e. The van der Waals surface area contributed by atoms with Crippen LogP contribution in [-0.2, 0) is 9.47 Å². The van der Waals surface area contributed by atoms with Crippen LogP contribution in [0.25, 0.3) is 22.3 Å². The number of benzene rings is 4. The number of halogens is 1. The summed E-state index contributed by atoms with van der Waals surface area (Å²) < 4.78 is 28.1. The molecule has 0 bridgehead atoms. The number of aromatic nitrogens is 2. The van der Waals surface area contributed by atoms with Crippen LogP contribution in [0.3, 0.4) is 0 Å². The molecule has 10 rings (SSSR count). The molecule has 2 aromatic heterocycles. The fourth-order valence-corrected chi connectivity index (χ4v) is 9.38. The van der Waals surface area contributed by atoms with Gasteiger partial charge in [0.2, 0.25) is 11.8 Å². The van der Waals surface area contributed by atoms with E-state index < -0.39 is 6.09 Å². The van der Waals surface area contributed by atoms with E-state index in [0.29, 0.717) is 115 Å². The van der Waals surface area contributed by atoms with Crippen LogP contribution in [0.15, 0.2) is 134 Å². The molecule has 1 N–H and O–H groups in total. The smallest absolute Gasteiger partial charge is 0.415 e. The first-order valence-electron chi connectivity index (χ1n) is 26.6. The number of carbonyl (C=O) groups excluding carboxylic acids is 4. The molecular weight excluding hydrogens is 1030 g/mol. The van der Waals surface area contributed by atoms with Crippen molar-refractivity contribution >= 4 is 46.2 Å². The third-order valence-corrected chi connectivity index (χ3v) is 14.2. The average molecular weight is 1100 g/mol. The molecule has 0 spiro atoms. The van der Waals surface area contributed by atoms with E-state index in [2.05, 4.69) is 68.3 Å². The van der Waals surface area contributed by atoms with Gasteiger partial charge < -0.3 is 58.2 Å². The Labute approximate surface area is 467 Å². The molecule has 0 unspecified atom stereocenters. The molecule has 0 radical (unpaired) electrons. The van der Waals surface area contributed by atoms with E-state index in [1.54, 1.807) is 62.1 Å². The number of para-hydroxylation sites is 2. The molecule has 6 heterocycles. The highest BCUT2D eigenvalue weighted by Crippen LogP contribution is 2.29. The third-order valence-electron chi connectivity index (χ3n) is 13.9. The zero-order valence-electron chi connectivity index (χ0n) is 45.2. The molecule has 4 aromatic carbocycles. The van der Waals surface area contributed by atoms with Crippen LogP contribution in [0, 0.1) is 0 Å². The maximum absolute atomic E-state index is 13.3. The van der Waals surface area contributed by atoms with Gasteiger partial charge in [0.1, 0.15) is 23.7 Å². The normalized spacial score (nSPS) is 15.8. The number of rotatable bonds is 11. The Morgan fingerprint density at radius 1 is 0.506 bits per heavy atom. The highest BCUT2D eigenvalue weighted by Gasteiger charge is 2.29. The summed E-state index contributed by atoms with van der Waals surface area (Å²) in [6, 6.07) is 38.1. The van der Waals surface area contributed by atoms with Crippen molar-refractivity contribution in [1.29, 1.82) is 0 Å². The molecule has 0 atom stereocenters. The van der Waals surface area contributed by atoms with Crippen molar-refractivity contribution in [3.63, 3.8) is 0 Å². The number of amides is 4. The number of phenolic OH excluding ortho intramolecular Hbond substituents is 1. The number of morpholine rings is 2. The third kappa shape index (κ3) is 16.1. The number of hydrogen-bond donors (Lipinski definition) is 1. The molecule has 0 saturated carbocycles. The lowest BCUT2D eigenvalue weighted by molar-refractivity contribution is 0.0412. The lowest BCUT2D eigenvalue weighted by atomic mass is 10.1. The van der Waals surface area contributed by atoms with Crippen molar-refractivity contribution in [1.82, 2.24) is 29.6 Å². The minimum atomic E-state index is -0.463. The van der Waals surface area contributed by atoms with E-state index in [1.165, 1.54) is 6.07 Å². The maximum atomic E-state index is 13.3. The van der Waals surface area contributed by atoms with Crippen LogP contribution in [-0.4, -0.2) is 177 Å². The summed E-state index contributed by atoms with van der Waals surface area (Å²) in [4.78, 5) is 68.8. The Morgan fingerprint density at radius 2 is 0.911 bits per heavy atom. The minimum absolute atomic E-state index is 0.0196. The number of carbonyl (C=O) groups is 4. The van der Waals surface area contributed by atoms with Crippen LogP contribution in [0.1, 0.15) is 46.4 Å². The summed E-state index contributed by atoms with van der Waals surface area (Å²) in [5.41, 5.74) is 7.31. The highest BCUT2D eigenvalue weighted by atomic mass is 35.5. The summed E-state index contributed by atoms with van der Waals surface area (Å²) in [6.07, 6.45) is 6.03. The van der Waals surface area contributed by atoms with Gasteiger partial charge in [0.25, 0.3) is 11.8 Å².